The molecule has 1 heterocycles. The second-order valence-corrected chi connectivity index (χ2v) is 4.34. The Morgan fingerprint density at radius 3 is 2.75 bits per heavy atom. The Balaban J connectivity index is 1.94. The zero-order chi connectivity index (χ0) is 14.5. The highest BCUT2D eigenvalue weighted by Gasteiger charge is 2.12. The van der Waals surface area contributed by atoms with Gasteiger partial charge in [0.1, 0.15) is 11.5 Å². The van der Waals surface area contributed by atoms with Crippen molar-refractivity contribution in [2.45, 2.75) is 20.1 Å². The van der Waals surface area contributed by atoms with Crippen LogP contribution in [0.3, 0.4) is 0 Å². The minimum Gasteiger partial charge on any atom is -0.497 e. The van der Waals surface area contributed by atoms with Crippen molar-refractivity contribution in [3.05, 3.63) is 53.0 Å². The molecule has 1 aromatic carbocycles. The third-order valence-electron chi connectivity index (χ3n) is 2.89. The van der Waals surface area contributed by atoms with Gasteiger partial charge in [0.2, 0.25) is 5.76 Å². The van der Waals surface area contributed by atoms with Crippen LogP contribution in [0.1, 0.15) is 27.4 Å². The highest BCUT2D eigenvalue weighted by Crippen LogP contribution is 2.17. The number of aromatic carboxylic acids is 1. The zero-order valence-electron chi connectivity index (χ0n) is 11.4. The van der Waals surface area contributed by atoms with Gasteiger partial charge in [0.25, 0.3) is 0 Å². The summed E-state index contributed by atoms with van der Waals surface area (Å²) in [4.78, 5) is 10.8. The molecule has 2 aromatic rings. The number of ether oxygens (including phenoxy) is 2. The largest absolute Gasteiger partial charge is 0.497 e. The van der Waals surface area contributed by atoms with E-state index in [2.05, 4.69) is 0 Å². The number of hydrogen-bond acceptors (Lipinski definition) is 4. The predicted molar refractivity (Wildman–Crippen MR) is 71.9 cm³/mol. The molecule has 5 heteroatoms. The zero-order valence-corrected chi connectivity index (χ0v) is 11.4. The summed E-state index contributed by atoms with van der Waals surface area (Å²) in [5.74, 6) is 0.196. The molecule has 0 saturated carbocycles. The Hall–Kier alpha value is -2.27. The van der Waals surface area contributed by atoms with Crippen molar-refractivity contribution in [1.29, 1.82) is 0 Å². The second kappa shape index (κ2) is 6.25. The molecule has 0 bridgehead atoms. The fraction of sp³-hybridized carbons (Fsp3) is 0.267. The van der Waals surface area contributed by atoms with Crippen LogP contribution in [-0.2, 0) is 18.0 Å². The van der Waals surface area contributed by atoms with Crippen LogP contribution in [0.4, 0.5) is 0 Å². The summed E-state index contributed by atoms with van der Waals surface area (Å²) in [7, 11) is 1.61. The minimum absolute atomic E-state index is 0.0671. The second-order valence-electron chi connectivity index (χ2n) is 4.34. The van der Waals surface area contributed by atoms with Gasteiger partial charge >= 0.3 is 5.97 Å². The molecular formula is C15H16O5. The summed E-state index contributed by atoms with van der Waals surface area (Å²) in [6, 6.07) is 9.08. The normalized spacial score (nSPS) is 10.5. The highest BCUT2D eigenvalue weighted by molar-refractivity contribution is 5.84. The van der Waals surface area contributed by atoms with Gasteiger partial charge in [0.15, 0.2) is 0 Å². The van der Waals surface area contributed by atoms with E-state index < -0.39 is 5.97 Å². The molecule has 20 heavy (non-hydrogen) atoms. The number of carboxylic acids is 1. The van der Waals surface area contributed by atoms with Gasteiger partial charge < -0.3 is 19.0 Å². The first kappa shape index (κ1) is 14.1. The van der Waals surface area contributed by atoms with Crippen LogP contribution >= 0.6 is 0 Å². The maximum Gasteiger partial charge on any atom is 0.371 e. The summed E-state index contributed by atoms with van der Waals surface area (Å²) in [6.07, 6.45) is 0. The molecule has 0 unspecified atom stereocenters. The van der Waals surface area contributed by atoms with Gasteiger partial charge in [-0.3, -0.25) is 0 Å². The summed E-state index contributed by atoms with van der Waals surface area (Å²) in [5, 5.41) is 8.84. The van der Waals surface area contributed by atoms with Crippen LogP contribution < -0.4 is 4.74 Å². The Labute approximate surface area is 116 Å². The number of aryl methyl sites for hydroxylation is 1. The lowest BCUT2D eigenvalue weighted by atomic mass is 10.2. The minimum atomic E-state index is -1.08. The quantitative estimate of drug-likeness (QED) is 0.878. The van der Waals surface area contributed by atoms with Gasteiger partial charge in [-0.1, -0.05) is 12.1 Å². The van der Waals surface area contributed by atoms with E-state index in [1.807, 2.05) is 24.3 Å². The van der Waals surface area contributed by atoms with E-state index in [1.54, 1.807) is 14.0 Å². The highest BCUT2D eigenvalue weighted by atomic mass is 16.5. The predicted octanol–water partition coefficient (Wildman–Crippen LogP) is 3.01. The molecule has 0 amide bonds. The van der Waals surface area contributed by atoms with Crippen molar-refractivity contribution in [3.8, 4) is 5.75 Å². The molecule has 5 nitrogen and oxygen atoms in total. The standard InChI is InChI=1S/C15H16O5/c1-10-12(7-14(20-10)15(16)17)9-19-8-11-4-3-5-13(6-11)18-2/h3-7H,8-9H2,1-2H3,(H,16,17). The molecule has 0 aliphatic heterocycles. The number of hydrogen-bond donors (Lipinski definition) is 1. The van der Waals surface area contributed by atoms with Gasteiger partial charge in [-0.2, -0.15) is 0 Å². The third kappa shape index (κ3) is 3.39. The number of carboxylic acid groups (broad SMARTS) is 1. The molecule has 106 valence electrons. The number of carbonyl (C=O) groups is 1. The maximum atomic E-state index is 10.8. The van der Waals surface area contributed by atoms with Gasteiger partial charge in [-0.05, 0) is 30.7 Å². The van der Waals surface area contributed by atoms with Crippen LogP contribution in [0.25, 0.3) is 0 Å². The first-order valence-electron chi connectivity index (χ1n) is 6.13. The van der Waals surface area contributed by atoms with E-state index >= 15 is 0 Å². The Morgan fingerprint density at radius 2 is 2.10 bits per heavy atom. The molecule has 0 aliphatic carbocycles. The topological polar surface area (TPSA) is 68.9 Å². The Morgan fingerprint density at radius 1 is 1.30 bits per heavy atom. The fourth-order valence-corrected chi connectivity index (χ4v) is 1.81. The van der Waals surface area contributed by atoms with Crippen molar-refractivity contribution < 1.29 is 23.8 Å². The average Bonchev–Trinajstić information content (AvgIpc) is 2.81. The monoisotopic (exact) mass is 276 g/mol. The van der Waals surface area contributed by atoms with Crippen LogP contribution in [0, 0.1) is 6.92 Å². The average molecular weight is 276 g/mol. The van der Waals surface area contributed by atoms with Crippen LogP contribution in [0.15, 0.2) is 34.7 Å². The molecule has 1 N–H and O–H groups in total. The lowest BCUT2D eigenvalue weighted by Crippen LogP contribution is -1.95. The smallest absolute Gasteiger partial charge is 0.371 e. The third-order valence-corrected chi connectivity index (χ3v) is 2.89. The van der Waals surface area contributed by atoms with E-state index in [0.717, 1.165) is 16.9 Å². The van der Waals surface area contributed by atoms with E-state index in [9.17, 15) is 4.79 Å². The van der Waals surface area contributed by atoms with Crippen molar-refractivity contribution in [2.24, 2.45) is 0 Å². The molecule has 1 aromatic heterocycles. The van der Waals surface area contributed by atoms with Crippen molar-refractivity contribution in [1.82, 2.24) is 0 Å². The van der Waals surface area contributed by atoms with E-state index in [-0.39, 0.29) is 5.76 Å². The molecule has 0 atom stereocenters. The van der Waals surface area contributed by atoms with Crippen LogP contribution in [0.2, 0.25) is 0 Å². The van der Waals surface area contributed by atoms with E-state index in [0.29, 0.717) is 19.0 Å². The van der Waals surface area contributed by atoms with Gasteiger partial charge in [0, 0.05) is 5.56 Å². The number of rotatable bonds is 6. The summed E-state index contributed by atoms with van der Waals surface area (Å²) < 4.78 is 15.8. The molecular weight excluding hydrogens is 260 g/mol. The number of furan rings is 1. The van der Waals surface area contributed by atoms with Crippen LogP contribution in [-0.4, -0.2) is 18.2 Å². The van der Waals surface area contributed by atoms with Crippen molar-refractivity contribution >= 4 is 5.97 Å². The summed E-state index contributed by atoms with van der Waals surface area (Å²) in [6.45, 7) is 2.45. The Bertz CT molecular complexity index is 600. The van der Waals surface area contributed by atoms with Crippen LogP contribution in [0.5, 0.6) is 5.75 Å². The lowest BCUT2D eigenvalue weighted by Gasteiger charge is -2.05. The SMILES string of the molecule is COc1cccc(COCc2cc(C(=O)O)oc2C)c1. The maximum absolute atomic E-state index is 10.8. The fourth-order valence-electron chi connectivity index (χ4n) is 1.81. The van der Waals surface area contributed by atoms with E-state index in [1.165, 1.54) is 6.07 Å². The van der Waals surface area contributed by atoms with E-state index in [4.69, 9.17) is 19.0 Å². The molecule has 0 fully saturated rings. The molecule has 0 radical (unpaired) electrons. The van der Waals surface area contributed by atoms with Gasteiger partial charge in [0.05, 0.1) is 20.3 Å². The van der Waals surface area contributed by atoms with Gasteiger partial charge in [-0.25, -0.2) is 4.79 Å². The van der Waals surface area contributed by atoms with Crippen molar-refractivity contribution in [3.63, 3.8) is 0 Å². The molecule has 0 saturated heterocycles. The van der Waals surface area contributed by atoms with Crippen molar-refractivity contribution in [2.75, 3.05) is 7.11 Å². The molecule has 0 aliphatic rings. The molecule has 0 spiro atoms. The number of methoxy groups -OCH3 is 1. The van der Waals surface area contributed by atoms with Gasteiger partial charge in [-0.15, -0.1) is 0 Å². The lowest BCUT2D eigenvalue weighted by molar-refractivity contribution is 0.0661. The Kier molecular flexibility index (Phi) is 4.42. The number of benzene rings is 1. The molecule has 2 rings (SSSR count). The summed E-state index contributed by atoms with van der Waals surface area (Å²) >= 11 is 0. The first-order chi connectivity index (χ1) is 9.60. The first-order valence-corrected chi connectivity index (χ1v) is 6.13. The summed E-state index contributed by atoms with van der Waals surface area (Å²) in [5.41, 5.74) is 1.73.